The number of aliphatic carboxylic acids is 1. The van der Waals surface area contributed by atoms with Gasteiger partial charge in [-0.25, -0.2) is 24.0 Å². The fraction of sp³-hybridized carbons (Fsp3) is 0.517. The van der Waals surface area contributed by atoms with Gasteiger partial charge in [-0.15, -0.1) is 0 Å². The van der Waals surface area contributed by atoms with Gasteiger partial charge in [-0.2, -0.15) is 0 Å². The number of carbonyl (C=O) groups is 7. The van der Waals surface area contributed by atoms with Gasteiger partial charge in [-0.1, -0.05) is 243 Å². The van der Waals surface area contributed by atoms with E-state index in [0.29, 0.717) is 43.1 Å². The largest absolute Gasteiger partial charge is 0.480 e. The second-order valence-electron chi connectivity index (χ2n) is 31.1. The Balaban J connectivity index is 0.000000258. The fourth-order valence-corrected chi connectivity index (χ4v) is 13.8. The van der Waals surface area contributed by atoms with Crippen LogP contribution in [0.4, 0.5) is 19.2 Å². The van der Waals surface area contributed by atoms with Gasteiger partial charge in [0.05, 0.1) is 12.6 Å². The number of alkyl carbamates (subject to hydrolysis) is 4. The summed E-state index contributed by atoms with van der Waals surface area (Å²) in [5.41, 5.74) is 19.1. The minimum Gasteiger partial charge on any atom is -0.480 e. The third-order valence-corrected chi connectivity index (χ3v) is 19.2. The number of carboxylic acids is 1. The normalized spacial score (nSPS) is 14.2. The Labute approximate surface area is 649 Å². The average Bonchev–Trinajstić information content (AvgIpc) is 1.63. The summed E-state index contributed by atoms with van der Waals surface area (Å²) in [6, 6.07) is 47.3. The molecule has 6 amide bonds. The number of nitrogens with two attached hydrogens (primary N) is 1. The van der Waals surface area contributed by atoms with E-state index in [2.05, 4.69) is 155 Å². The summed E-state index contributed by atoms with van der Waals surface area (Å²) in [4.78, 5) is 84.6. The van der Waals surface area contributed by atoms with E-state index in [1.165, 1.54) is 44.5 Å². The zero-order valence-electron chi connectivity index (χ0n) is 67.8. The van der Waals surface area contributed by atoms with E-state index in [1.54, 1.807) is 6.92 Å². The van der Waals surface area contributed by atoms with Gasteiger partial charge in [0.2, 0.25) is 11.8 Å². The molecule has 10 N–H and O–H groups in total. The van der Waals surface area contributed by atoms with Crippen molar-refractivity contribution in [2.24, 2.45) is 29.4 Å². The molecule has 596 valence electrons. The molecule has 7 atom stereocenters. The van der Waals surface area contributed by atoms with E-state index >= 15 is 0 Å². The molecule has 7 unspecified atom stereocenters. The van der Waals surface area contributed by atoms with Crippen molar-refractivity contribution >= 4 is 42.2 Å². The highest BCUT2D eigenvalue weighted by Crippen LogP contribution is 2.47. The lowest BCUT2D eigenvalue weighted by Crippen LogP contribution is -2.49. The summed E-state index contributed by atoms with van der Waals surface area (Å²) in [7, 11) is 0. The summed E-state index contributed by atoms with van der Waals surface area (Å²) >= 11 is 0. The molecule has 6 aromatic carbocycles. The minimum absolute atomic E-state index is 0.00238. The number of hydrogen-bond donors (Lipinski definition) is 9. The third-order valence-electron chi connectivity index (χ3n) is 19.2. The van der Waals surface area contributed by atoms with Crippen molar-refractivity contribution in [3.8, 4) is 33.4 Å². The summed E-state index contributed by atoms with van der Waals surface area (Å²) in [5.74, 6) is 0.791. The Kier molecular flexibility index (Phi) is 37.8. The van der Waals surface area contributed by atoms with Gasteiger partial charge >= 0.3 is 30.3 Å². The molecular formula is C89H127N7O13. The lowest BCUT2D eigenvalue weighted by molar-refractivity contribution is -0.139. The number of nitrogens with one attached hydrogen (secondary N) is 6. The van der Waals surface area contributed by atoms with Crippen LogP contribution in [0.2, 0.25) is 0 Å². The molecule has 0 aromatic heterocycles. The molecule has 9 rings (SSSR count). The molecule has 109 heavy (non-hydrogen) atoms. The highest BCUT2D eigenvalue weighted by atomic mass is 16.6. The minimum atomic E-state index is -1.06. The summed E-state index contributed by atoms with van der Waals surface area (Å²) in [6.07, 6.45) is 5.63. The summed E-state index contributed by atoms with van der Waals surface area (Å²) in [6.45, 7) is 34.8. The van der Waals surface area contributed by atoms with Gasteiger partial charge in [0.15, 0.2) is 0 Å². The number of hydrogen-bond acceptors (Lipinski definition) is 13. The summed E-state index contributed by atoms with van der Waals surface area (Å²) < 4.78 is 21.6. The monoisotopic (exact) mass is 1500 g/mol. The number of carbonyl (C=O) groups excluding carboxylic acids is 6. The lowest BCUT2D eigenvalue weighted by atomic mass is 9.98. The maximum Gasteiger partial charge on any atom is 0.407 e. The van der Waals surface area contributed by atoms with Gasteiger partial charge in [-0.05, 0) is 175 Å². The number of fused-ring (bicyclic) bond motifs is 9. The fourth-order valence-electron chi connectivity index (χ4n) is 13.8. The smallest absolute Gasteiger partial charge is 0.407 e. The molecule has 0 saturated carbocycles. The molecule has 20 heteroatoms. The Bertz CT molecular complexity index is 3550. The van der Waals surface area contributed by atoms with Crippen molar-refractivity contribution in [1.82, 2.24) is 31.9 Å². The number of carboxylic acid groups (broad SMARTS) is 1. The van der Waals surface area contributed by atoms with Crippen LogP contribution >= 0.6 is 0 Å². The van der Waals surface area contributed by atoms with E-state index in [9.17, 15) is 33.6 Å². The molecular weight excluding hydrogens is 1380 g/mol. The Morgan fingerprint density at radius 2 is 0.633 bits per heavy atom. The molecule has 3 aliphatic rings. The SMILES string of the molecule is CC(C)CC(CO)NC(=O)OC(C)(C)C.CCC(CC(C)C)NC(=O)C(CC)NC(=O)OCC1c2ccccc2-c2ccccc21.CCC(CC(C)C)NC(=O)C(CC)NC(=O)OCC1c2ccccc2-c2ccccc21.CCC(N)CC(C)C.CCC(NC(=O)OCC1c2ccccc2-c2ccccc21)C(=O)O. The zero-order valence-corrected chi connectivity index (χ0v) is 67.8. The van der Waals surface area contributed by atoms with Crippen molar-refractivity contribution in [2.75, 3.05) is 26.4 Å². The number of amides is 6. The standard InChI is InChI=1S/2C26H34N2O3.C19H19NO4.C11H23NO3.C7H17N/c2*1-5-18(15-17(3)4)27-25(29)24(6-2)28-26(30)31-16-23-21-13-9-7-11-19(21)20-12-8-10-14-22(20)23;1-2-17(18(21)22)20-19(23)24-11-16-14-9-5-3-7-12(14)13-8-4-6-10-15(13)16;1-8(2)6-9(7-13)12-10(14)15-11(3,4)5;1-4-7(8)5-6(2)3/h2*7-14,17-18,23-24H,5-6,15-16H2,1-4H3,(H,27,29)(H,28,30);3-10,16-17H,2,11H2,1H3,(H,20,23)(H,21,22);8-9,13H,6-7H2,1-5H3,(H,12,14);6-7H,4-5,8H2,1-3H3. The third kappa shape index (κ3) is 28.9. The first kappa shape index (κ1) is 90.3. The van der Waals surface area contributed by atoms with Crippen LogP contribution in [0.15, 0.2) is 146 Å². The molecule has 20 nitrogen and oxygen atoms in total. The zero-order chi connectivity index (χ0) is 80.5. The molecule has 0 saturated heterocycles. The van der Waals surface area contributed by atoms with Crippen LogP contribution in [0.1, 0.15) is 233 Å². The average molecular weight is 1500 g/mol. The van der Waals surface area contributed by atoms with Crippen molar-refractivity contribution in [1.29, 1.82) is 0 Å². The van der Waals surface area contributed by atoms with E-state index in [1.807, 2.05) is 133 Å². The second-order valence-corrected chi connectivity index (χ2v) is 31.1. The van der Waals surface area contributed by atoms with E-state index in [0.717, 1.165) is 73.1 Å². The second kappa shape index (κ2) is 45.6. The molecule has 3 aliphatic carbocycles. The molecule has 0 radical (unpaired) electrons. The number of aliphatic hydroxyl groups is 1. The van der Waals surface area contributed by atoms with Crippen LogP contribution in [0.25, 0.3) is 33.4 Å². The highest BCUT2D eigenvalue weighted by Gasteiger charge is 2.34. The quantitative estimate of drug-likeness (QED) is 0.0190. The number of rotatable bonds is 30. The van der Waals surface area contributed by atoms with Crippen LogP contribution in [-0.2, 0) is 33.3 Å². The van der Waals surface area contributed by atoms with Crippen molar-refractivity contribution in [2.45, 2.75) is 248 Å². The predicted molar refractivity (Wildman–Crippen MR) is 435 cm³/mol. The first-order valence-electron chi connectivity index (χ1n) is 39.4. The molecule has 0 aliphatic heterocycles. The topological polar surface area (TPSA) is 295 Å². The van der Waals surface area contributed by atoms with Crippen molar-refractivity contribution < 1.29 is 62.7 Å². The van der Waals surface area contributed by atoms with Gasteiger partial charge in [0.1, 0.15) is 43.5 Å². The molecule has 0 spiro atoms. The van der Waals surface area contributed by atoms with Gasteiger partial charge in [0.25, 0.3) is 0 Å². The van der Waals surface area contributed by atoms with Crippen LogP contribution in [0.5, 0.6) is 0 Å². The first-order valence-corrected chi connectivity index (χ1v) is 39.4. The number of ether oxygens (including phenoxy) is 4. The summed E-state index contributed by atoms with van der Waals surface area (Å²) in [5, 5.41) is 34.7. The first-order chi connectivity index (χ1) is 51.9. The van der Waals surface area contributed by atoms with Gasteiger partial charge < -0.3 is 66.8 Å². The van der Waals surface area contributed by atoms with Crippen molar-refractivity contribution in [3.05, 3.63) is 179 Å². The van der Waals surface area contributed by atoms with Gasteiger partial charge in [-0.3, -0.25) is 9.59 Å². The van der Waals surface area contributed by atoms with Gasteiger partial charge in [0, 0.05) is 35.9 Å². The predicted octanol–water partition coefficient (Wildman–Crippen LogP) is 17.6. The highest BCUT2D eigenvalue weighted by molar-refractivity contribution is 5.87. The van der Waals surface area contributed by atoms with E-state index in [-0.39, 0.29) is 74.1 Å². The van der Waals surface area contributed by atoms with Crippen LogP contribution < -0.4 is 37.6 Å². The molecule has 0 fully saturated rings. The van der Waals surface area contributed by atoms with E-state index < -0.39 is 54.1 Å². The Hall–Kier alpha value is -9.27. The molecule has 0 heterocycles. The number of benzene rings is 6. The van der Waals surface area contributed by atoms with Crippen LogP contribution in [0.3, 0.4) is 0 Å². The molecule has 6 aromatic rings. The van der Waals surface area contributed by atoms with E-state index in [4.69, 9.17) is 34.9 Å². The van der Waals surface area contributed by atoms with Crippen LogP contribution in [0, 0.1) is 23.7 Å². The Morgan fingerprint density at radius 3 is 0.853 bits per heavy atom. The Morgan fingerprint density at radius 1 is 0.367 bits per heavy atom. The van der Waals surface area contributed by atoms with Crippen LogP contribution in [-0.4, -0.2) is 127 Å². The maximum atomic E-state index is 12.7. The number of aliphatic hydroxyl groups excluding tert-OH is 1. The van der Waals surface area contributed by atoms with Crippen molar-refractivity contribution in [3.63, 3.8) is 0 Å². The maximum absolute atomic E-state index is 12.7. The lowest BCUT2D eigenvalue weighted by Gasteiger charge is -2.23. The molecule has 0 bridgehead atoms.